The van der Waals surface area contributed by atoms with Gasteiger partial charge in [0.1, 0.15) is 5.82 Å². The number of hydrogen-bond acceptors (Lipinski definition) is 6. The molecular weight excluding hydrogens is 490 g/mol. The lowest BCUT2D eigenvalue weighted by atomic mass is 9.88. The van der Waals surface area contributed by atoms with Crippen molar-refractivity contribution in [3.63, 3.8) is 0 Å². The summed E-state index contributed by atoms with van der Waals surface area (Å²) in [5.74, 6) is -0.236. The Kier molecular flexibility index (Phi) is 9.01. The van der Waals surface area contributed by atoms with Crippen LogP contribution in [0.3, 0.4) is 0 Å². The van der Waals surface area contributed by atoms with Gasteiger partial charge in [-0.05, 0) is 70.0 Å². The second-order valence-corrected chi connectivity index (χ2v) is 10.7. The number of piperazine rings is 1. The van der Waals surface area contributed by atoms with Gasteiger partial charge in [-0.15, -0.1) is 0 Å². The summed E-state index contributed by atoms with van der Waals surface area (Å²) in [6.45, 7) is 12.2. The molecule has 0 bridgehead atoms. The van der Waals surface area contributed by atoms with Gasteiger partial charge in [-0.2, -0.15) is 5.10 Å². The number of hydrogen-bond donors (Lipinski definition) is 2. The second-order valence-electron chi connectivity index (χ2n) is 10.7. The van der Waals surface area contributed by atoms with Crippen molar-refractivity contribution in [2.75, 3.05) is 44.7 Å². The van der Waals surface area contributed by atoms with E-state index in [2.05, 4.69) is 53.2 Å². The highest BCUT2D eigenvalue weighted by Crippen LogP contribution is 2.30. The molecule has 3 N–H and O–H groups in total. The maximum atomic E-state index is 13.6. The number of anilines is 1. The van der Waals surface area contributed by atoms with Gasteiger partial charge < -0.3 is 20.9 Å². The average molecular weight is 532 g/mol. The maximum Gasteiger partial charge on any atom is 0.252 e. The van der Waals surface area contributed by atoms with Crippen molar-refractivity contribution in [1.82, 2.24) is 25.0 Å². The predicted molar refractivity (Wildman–Crippen MR) is 157 cm³/mol. The number of rotatable bonds is 10. The molecule has 3 aromatic rings. The van der Waals surface area contributed by atoms with Crippen LogP contribution < -0.4 is 16.0 Å². The van der Waals surface area contributed by atoms with E-state index >= 15 is 0 Å². The van der Waals surface area contributed by atoms with E-state index < -0.39 is 11.8 Å². The molecule has 1 aliphatic heterocycles. The van der Waals surface area contributed by atoms with Crippen LogP contribution in [0.5, 0.6) is 0 Å². The molecule has 4 rings (SSSR count). The van der Waals surface area contributed by atoms with Crippen LogP contribution in [-0.4, -0.2) is 71.3 Å². The summed E-state index contributed by atoms with van der Waals surface area (Å²) >= 11 is 0. The monoisotopic (exact) mass is 531 g/mol. The van der Waals surface area contributed by atoms with E-state index in [1.165, 1.54) is 0 Å². The van der Waals surface area contributed by atoms with Crippen LogP contribution in [0.15, 0.2) is 48.8 Å². The Morgan fingerprint density at radius 1 is 1.10 bits per heavy atom. The Morgan fingerprint density at radius 3 is 2.44 bits per heavy atom. The molecular formula is C30H41N7O2. The number of benzene rings is 1. The first-order valence-electron chi connectivity index (χ1n) is 13.8. The Labute approximate surface area is 231 Å². The number of carbonyl (C=O) groups excluding carboxylic acids is 2. The van der Waals surface area contributed by atoms with Gasteiger partial charge in [-0.25, -0.2) is 4.98 Å². The van der Waals surface area contributed by atoms with Gasteiger partial charge in [-0.1, -0.05) is 19.1 Å². The molecule has 1 aromatic carbocycles. The molecule has 0 aliphatic carbocycles. The van der Waals surface area contributed by atoms with Crippen LogP contribution >= 0.6 is 0 Å². The number of nitrogens with two attached hydrogens (primary N) is 1. The van der Waals surface area contributed by atoms with Crippen LogP contribution in [0.1, 0.15) is 50.5 Å². The van der Waals surface area contributed by atoms with E-state index in [-0.39, 0.29) is 24.4 Å². The Morgan fingerprint density at radius 2 is 1.85 bits per heavy atom. The van der Waals surface area contributed by atoms with Crippen LogP contribution in [0.25, 0.3) is 22.0 Å². The molecule has 9 heteroatoms. The molecule has 39 heavy (non-hydrogen) atoms. The highest BCUT2D eigenvalue weighted by atomic mass is 16.2. The van der Waals surface area contributed by atoms with Gasteiger partial charge in [0.05, 0.1) is 23.2 Å². The van der Waals surface area contributed by atoms with Crippen molar-refractivity contribution in [2.24, 2.45) is 17.6 Å². The van der Waals surface area contributed by atoms with Crippen molar-refractivity contribution in [3.05, 3.63) is 54.4 Å². The zero-order valence-corrected chi connectivity index (χ0v) is 23.7. The van der Waals surface area contributed by atoms with E-state index in [1.807, 2.05) is 49.0 Å². The summed E-state index contributed by atoms with van der Waals surface area (Å²) in [6.07, 6.45) is 8.27. The first-order chi connectivity index (χ1) is 18.7. The molecule has 1 unspecified atom stereocenters. The molecule has 0 spiro atoms. The van der Waals surface area contributed by atoms with Crippen molar-refractivity contribution in [3.8, 4) is 11.1 Å². The third-order valence-corrected chi connectivity index (χ3v) is 7.63. The number of carbonyl (C=O) groups is 2. The number of amides is 2. The smallest absolute Gasteiger partial charge is 0.252 e. The van der Waals surface area contributed by atoms with E-state index in [0.29, 0.717) is 5.56 Å². The molecule has 0 saturated carbocycles. The Balaban J connectivity index is 1.65. The number of primary amides is 1. The molecule has 0 radical (unpaired) electrons. The minimum Gasteiger partial charge on any atom is -0.369 e. The fraction of sp³-hybridized carbons (Fsp3) is 0.467. The van der Waals surface area contributed by atoms with Crippen molar-refractivity contribution in [1.29, 1.82) is 0 Å². The van der Waals surface area contributed by atoms with Gasteiger partial charge in [-0.3, -0.25) is 14.3 Å². The number of nitrogens with zero attached hydrogens (tertiary/aromatic N) is 5. The van der Waals surface area contributed by atoms with Crippen molar-refractivity contribution < 1.29 is 9.59 Å². The maximum absolute atomic E-state index is 13.6. The predicted octanol–water partition coefficient (Wildman–Crippen LogP) is 3.86. The number of likely N-dealkylation sites (N-methyl/N-ethyl adjacent to an activating group) is 1. The van der Waals surface area contributed by atoms with Crippen LogP contribution in [0.4, 0.5) is 5.82 Å². The molecule has 1 saturated heterocycles. The van der Waals surface area contributed by atoms with E-state index in [0.717, 1.165) is 60.4 Å². The fourth-order valence-corrected chi connectivity index (χ4v) is 5.25. The molecule has 2 aromatic heterocycles. The molecule has 3 heterocycles. The molecule has 2 amide bonds. The SMILES string of the molecule is C/C=C/[C@@H](CC)C(CNC(=O)c1cc(-c2ccc(N3CCN(C)CC3)nc2)cc2c1cnn2C(C)C)C(N)=O. The van der Waals surface area contributed by atoms with Crippen LogP contribution in [-0.2, 0) is 4.79 Å². The largest absolute Gasteiger partial charge is 0.369 e. The molecule has 9 nitrogen and oxygen atoms in total. The Hall–Kier alpha value is -3.72. The standard InChI is InChI=1S/C30H41N7O2/c1-6-8-21(7-2)25(29(31)38)18-33-30(39)24-15-23(16-27-26(24)19-34-37(27)20(3)4)22-9-10-28(32-17-22)36-13-11-35(5)12-14-36/h6,8-10,15-17,19-21,25H,7,11-14,18H2,1-5H3,(H2,31,38)(H,33,39)/b8-6+/t21-,25?/m1/s1. The zero-order valence-electron chi connectivity index (χ0n) is 23.7. The topological polar surface area (TPSA) is 109 Å². The molecule has 208 valence electrons. The summed E-state index contributed by atoms with van der Waals surface area (Å²) < 4.78 is 1.92. The highest BCUT2D eigenvalue weighted by molar-refractivity contribution is 6.08. The van der Waals surface area contributed by atoms with Crippen molar-refractivity contribution >= 4 is 28.5 Å². The second kappa shape index (κ2) is 12.4. The lowest BCUT2D eigenvalue weighted by Gasteiger charge is -2.33. The number of allylic oxidation sites excluding steroid dienone is 2. The fourth-order valence-electron chi connectivity index (χ4n) is 5.25. The van der Waals surface area contributed by atoms with Crippen LogP contribution in [0, 0.1) is 11.8 Å². The first-order valence-corrected chi connectivity index (χ1v) is 13.8. The van der Waals surface area contributed by atoms with E-state index in [4.69, 9.17) is 10.7 Å². The van der Waals surface area contributed by atoms with E-state index in [9.17, 15) is 9.59 Å². The summed E-state index contributed by atoms with van der Waals surface area (Å²) in [4.78, 5) is 35.2. The molecule has 2 atom stereocenters. The van der Waals surface area contributed by atoms with E-state index in [1.54, 1.807) is 6.20 Å². The minimum atomic E-state index is -0.487. The van der Waals surface area contributed by atoms with Gasteiger partial charge >= 0.3 is 0 Å². The number of nitrogens with one attached hydrogen (secondary N) is 1. The number of fused-ring (bicyclic) bond motifs is 1. The van der Waals surface area contributed by atoms with Gasteiger partial charge in [0.15, 0.2) is 0 Å². The van der Waals surface area contributed by atoms with Gasteiger partial charge in [0, 0.05) is 55.9 Å². The third kappa shape index (κ3) is 6.30. The highest BCUT2D eigenvalue weighted by Gasteiger charge is 2.25. The average Bonchev–Trinajstić information content (AvgIpc) is 3.37. The number of pyridine rings is 1. The quantitative estimate of drug-likeness (QED) is 0.385. The molecule has 1 fully saturated rings. The van der Waals surface area contributed by atoms with Crippen molar-refractivity contribution in [2.45, 2.75) is 40.2 Å². The normalized spacial score (nSPS) is 16.2. The van der Waals surface area contributed by atoms with Gasteiger partial charge in [0.25, 0.3) is 5.91 Å². The lowest BCUT2D eigenvalue weighted by Crippen LogP contribution is -2.44. The number of aromatic nitrogens is 3. The lowest BCUT2D eigenvalue weighted by molar-refractivity contribution is -0.122. The first kappa shape index (κ1) is 28.3. The third-order valence-electron chi connectivity index (χ3n) is 7.63. The van der Waals surface area contributed by atoms with Crippen LogP contribution in [0.2, 0.25) is 0 Å². The summed E-state index contributed by atoms with van der Waals surface area (Å²) in [6, 6.07) is 8.19. The minimum absolute atomic E-state index is 0.0345. The van der Waals surface area contributed by atoms with Gasteiger partial charge in [0.2, 0.25) is 5.91 Å². The summed E-state index contributed by atoms with van der Waals surface area (Å²) in [5.41, 5.74) is 8.92. The summed E-state index contributed by atoms with van der Waals surface area (Å²) in [5, 5.41) is 8.32. The summed E-state index contributed by atoms with van der Waals surface area (Å²) in [7, 11) is 2.14. The Bertz CT molecular complexity index is 1320. The molecule has 1 aliphatic rings. The zero-order chi connectivity index (χ0) is 28.1.